The molecule has 3 heteroatoms. The first-order valence-electron chi connectivity index (χ1n) is 8.36. The summed E-state index contributed by atoms with van der Waals surface area (Å²) in [5.74, 6) is 1.50. The summed E-state index contributed by atoms with van der Waals surface area (Å²) in [6.07, 6.45) is 4.73. The van der Waals surface area contributed by atoms with Crippen molar-refractivity contribution in [2.45, 2.75) is 59.0 Å². The van der Waals surface area contributed by atoms with Gasteiger partial charge in [0.05, 0.1) is 12.2 Å². The minimum Gasteiger partial charge on any atom is -0.378 e. The highest BCUT2D eigenvalue weighted by Crippen LogP contribution is 2.44. The van der Waals surface area contributed by atoms with Gasteiger partial charge in [-0.2, -0.15) is 0 Å². The predicted molar refractivity (Wildman–Crippen MR) is 82.9 cm³/mol. The summed E-state index contributed by atoms with van der Waals surface area (Å²) in [7, 11) is 0. The smallest absolute Gasteiger partial charge is 0.0939 e. The van der Waals surface area contributed by atoms with Crippen molar-refractivity contribution in [1.29, 1.82) is 0 Å². The second kappa shape index (κ2) is 6.76. The van der Waals surface area contributed by atoms with Crippen LogP contribution in [0.1, 0.15) is 53.4 Å². The Bertz CT molecular complexity index is 295. The van der Waals surface area contributed by atoms with E-state index in [1.807, 2.05) is 0 Å². The van der Waals surface area contributed by atoms with E-state index >= 15 is 0 Å². The van der Waals surface area contributed by atoms with E-state index in [1.165, 1.54) is 19.3 Å². The van der Waals surface area contributed by atoms with Gasteiger partial charge in [-0.1, -0.05) is 27.7 Å². The summed E-state index contributed by atoms with van der Waals surface area (Å²) in [6.45, 7) is 14.3. The standard InChI is InChI=1S/C17H33NO2/c1-14(2)12-18-8-6-16(3,4)15-5-9-20-17(11-15)7-10-19-13-17/h14-15,18H,5-13H2,1-4H3. The van der Waals surface area contributed by atoms with Crippen molar-refractivity contribution in [3.8, 4) is 0 Å². The third kappa shape index (κ3) is 4.19. The molecule has 2 unspecified atom stereocenters. The molecule has 0 aromatic rings. The lowest BCUT2D eigenvalue weighted by molar-refractivity contribution is -0.116. The van der Waals surface area contributed by atoms with E-state index in [0.29, 0.717) is 5.41 Å². The summed E-state index contributed by atoms with van der Waals surface area (Å²) in [5, 5.41) is 3.59. The van der Waals surface area contributed by atoms with Crippen LogP contribution in [0.25, 0.3) is 0 Å². The molecule has 0 saturated carbocycles. The molecule has 2 aliphatic heterocycles. The predicted octanol–water partition coefficient (Wildman–Crippen LogP) is 3.23. The number of hydrogen-bond acceptors (Lipinski definition) is 3. The van der Waals surface area contributed by atoms with Crippen molar-refractivity contribution in [2.75, 3.05) is 32.9 Å². The number of rotatable bonds is 6. The molecular formula is C17H33NO2. The maximum atomic E-state index is 6.07. The largest absolute Gasteiger partial charge is 0.378 e. The highest BCUT2D eigenvalue weighted by Gasteiger charge is 2.44. The van der Waals surface area contributed by atoms with Crippen molar-refractivity contribution >= 4 is 0 Å². The number of ether oxygens (including phenoxy) is 2. The first kappa shape index (κ1) is 16.3. The van der Waals surface area contributed by atoms with Gasteiger partial charge in [-0.25, -0.2) is 0 Å². The SMILES string of the molecule is CC(C)CNCCC(C)(C)C1CCOC2(CCOC2)C1. The molecule has 20 heavy (non-hydrogen) atoms. The molecule has 0 amide bonds. The fraction of sp³-hybridized carbons (Fsp3) is 1.00. The van der Waals surface area contributed by atoms with E-state index in [2.05, 4.69) is 33.0 Å². The summed E-state index contributed by atoms with van der Waals surface area (Å²) in [4.78, 5) is 0. The van der Waals surface area contributed by atoms with Crippen molar-refractivity contribution in [2.24, 2.45) is 17.3 Å². The molecule has 2 heterocycles. The van der Waals surface area contributed by atoms with Crippen molar-refractivity contribution < 1.29 is 9.47 Å². The van der Waals surface area contributed by atoms with Gasteiger partial charge < -0.3 is 14.8 Å². The highest BCUT2D eigenvalue weighted by atomic mass is 16.6. The lowest BCUT2D eigenvalue weighted by Crippen LogP contribution is -2.45. The molecular weight excluding hydrogens is 250 g/mol. The lowest BCUT2D eigenvalue weighted by atomic mass is 9.68. The molecule has 0 radical (unpaired) electrons. The van der Waals surface area contributed by atoms with Crippen LogP contribution in [0.2, 0.25) is 0 Å². The van der Waals surface area contributed by atoms with E-state index < -0.39 is 0 Å². The molecule has 0 aliphatic carbocycles. The van der Waals surface area contributed by atoms with Gasteiger partial charge in [0.1, 0.15) is 0 Å². The van der Waals surface area contributed by atoms with Gasteiger partial charge in [-0.3, -0.25) is 0 Å². The molecule has 0 bridgehead atoms. The highest BCUT2D eigenvalue weighted by molar-refractivity contribution is 4.94. The molecule has 1 N–H and O–H groups in total. The number of nitrogens with one attached hydrogen (secondary N) is 1. The Balaban J connectivity index is 1.81. The molecule has 2 atom stereocenters. The van der Waals surface area contributed by atoms with Gasteiger partial charge in [-0.05, 0) is 49.6 Å². The molecule has 0 aromatic carbocycles. The molecule has 0 aromatic heterocycles. The second-order valence-electron chi connectivity index (χ2n) is 7.86. The Morgan fingerprint density at radius 2 is 2.10 bits per heavy atom. The zero-order chi connectivity index (χ0) is 14.6. The minimum absolute atomic E-state index is 0.0472. The van der Waals surface area contributed by atoms with Crippen LogP contribution < -0.4 is 5.32 Å². The van der Waals surface area contributed by atoms with Gasteiger partial charge in [0.25, 0.3) is 0 Å². The summed E-state index contributed by atoms with van der Waals surface area (Å²) >= 11 is 0. The summed E-state index contributed by atoms with van der Waals surface area (Å²) < 4.78 is 11.7. The maximum absolute atomic E-state index is 6.07. The van der Waals surface area contributed by atoms with E-state index in [0.717, 1.165) is 51.2 Å². The maximum Gasteiger partial charge on any atom is 0.0939 e. The molecule has 118 valence electrons. The molecule has 3 nitrogen and oxygen atoms in total. The fourth-order valence-corrected chi connectivity index (χ4v) is 3.56. The monoisotopic (exact) mass is 283 g/mol. The molecule has 2 aliphatic rings. The molecule has 1 spiro atoms. The zero-order valence-corrected chi connectivity index (χ0v) is 13.8. The Morgan fingerprint density at radius 1 is 1.30 bits per heavy atom. The zero-order valence-electron chi connectivity index (χ0n) is 13.8. The van der Waals surface area contributed by atoms with Gasteiger partial charge in [-0.15, -0.1) is 0 Å². The van der Waals surface area contributed by atoms with Crippen LogP contribution in [-0.4, -0.2) is 38.5 Å². The third-order valence-corrected chi connectivity index (χ3v) is 5.16. The summed E-state index contributed by atoms with van der Waals surface area (Å²) in [6, 6.07) is 0. The third-order valence-electron chi connectivity index (χ3n) is 5.16. The molecule has 2 rings (SSSR count). The quantitative estimate of drug-likeness (QED) is 0.759. The van der Waals surface area contributed by atoms with Crippen LogP contribution in [0.15, 0.2) is 0 Å². The summed E-state index contributed by atoms with van der Waals surface area (Å²) in [5.41, 5.74) is 0.439. The topological polar surface area (TPSA) is 30.5 Å². The Hall–Kier alpha value is -0.120. The van der Waals surface area contributed by atoms with Gasteiger partial charge >= 0.3 is 0 Å². The van der Waals surface area contributed by atoms with E-state index in [9.17, 15) is 0 Å². The first-order valence-corrected chi connectivity index (χ1v) is 8.36. The average Bonchev–Trinajstić information content (AvgIpc) is 2.83. The van der Waals surface area contributed by atoms with E-state index in [4.69, 9.17) is 9.47 Å². The van der Waals surface area contributed by atoms with Crippen LogP contribution in [0.4, 0.5) is 0 Å². The van der Waals surface area contributed by atoms with Gasteiger partial charge in [0.2, 0.25) is 0 Å². The fourth-order valence-electron chi connectivity index (χ4n) is 3.56. The van der Waals surface area contributed by atoms with E-state index in [-0.39, 0.29) is 5.60 Å². The Labute approximate surface area is 124 Å². The Morgan fingerprint density at radius 3 is 2.75 bits per heavy atom. The van der Waals surface area contributed by atoms with Crippen LogP contribution in [0.5, 0.6) is 0 Å². The average molecular weight is 283 g/mol. The van der Waals surface area contributed by atoms with E-state index in [1.54, 1.807) is 0 Å². The van der Waals surface area contributed by atoms with Crippen molar-refractivity contribution in [3.63, 3.8) is 0 Å². The van der Waals surface area contributed by atoms with Gasteiger partial charge in [0, 0.05) is 19.6 Å². The van der Waals surface area contributed by atoms with Crippen molar-refractivity contribution in [3.05, 3.63) is 0 Å². The van der Waals surface area contributed by atoms with Gasteiger partial charge in [0.15, 0.2) is 0 Å². The Kier molecular flexibility index (Phi) is 5.49. The van der Waals surface area contributed by atoms with Crippen LogP contribution >= 0.6 is 0 Å². The van der Waals surface area contributed by atoms with Crippen molar-refractivity contribution in [1.82, 2.24) is 5.32 Å². The van der Waals surface area contributed by atoms with Crippen LogP contribution in [-0.2, 0) is 9.47 Å². The first-order chi connectivity index (χ1) is 9.44. The van der Waals surface area contributed by atoms with Crippen LogP contribution in [0.3, 0.4) is 0 Å². The molecule has 2 saturated heterocycles. The number of hydrogen-bond donors (Lipinski definition) is 1. The van der Waals surface area contributed by atoms with Crippen LogP contribution in [0, 0.1) is 17.3 Å². The second-order valence-corrected chi connectivity index (χ2v) is 7.86. The normalized spacial score (nSPS) is 31.4. The molecule has 2 fully saturated rings. The lowest BCUT2D eigenvalue weighted by Gasteiger charge is -2.44. The minimum atomic E-state index is 0.0472.